The number of hydrogen-bond acceptors (Lipinski definition) is 4. The topological polar surface area (TPSA) is 48.0 Å². The molecule has 0 saturated carbocycles. The number of fused-ring (bicyclic) bond motifs is 1. The number of methoxy groups -OCH3 is 1. The van der Waals surface area contributed by atoms with E-state index in [9.17, 15) is 4.79 Å². The molecule has 5 nitrogen and oxygen atoms in total. The van der Waals surface area contributed by atoms with E-state index in [0.717, 1.165) is 50.2 Å². The molecule has 5 heteroatoms. The Kier molecular flexibility index (Phi) is 4.22. The van der Waals surface area contributed by atoms with Crippen molar-refractivity contribution in [3.8, 4) is 5.75 Å². The van der Waals surface area contributed by atoms with Crippen LogP contribution in [0.25, 0.3) is 0 Å². The maximum Gasteiger partial charge on any atom is 0.227 e. The summed E-state index contributed by atoms with van der Waals surface area (Å²) in [6, 6.07) is 6.14. The van der Waals surface area contributed by atoms with Crippen molar-refractivity contribution in [1.82, 2.24) is 4.90 Å². The number of benzene rings is 1. The Balaban J connectivity index is 1.35. The minimum absolute atomic E-state index is 0.168. The van der Waals surface area contributed by atoms with Crippen LogP contribution in [-0.4, -0.2) is 55.9 Å². The van der Waals surface area contributed by atoms with Gasteiger partial charge in [0, 0.05) is 20.1 Å². The maximum atomic E-state index is 12.5. The Bertz CT molecular complexity index is 624. The van der Waals surface area contributed by atoms with Crippen molar-refractivity contribution in [2.45, 2.75) is 43.8 Å². The van der Waals surface area contributed by atoms with E-state index in [-0.39, 0.29) is 17.6 Å². The molecule has 1 spiro atoms. The van der Waals surface area contributed by atoms with Crippen LogP contribution in [0.15, 0.2) is 18.2 Å². The van der Waals surface area contributed by atoms with Crippen LogP contribution >= 0.6 is 0 Å². The second-order valence-electron chi connectivity index (χ2n) is 7.20. The van der Waals surface area contributed by atoms with Crippen LogP contribution in [0, 0.1) is 0 Å². The van der Waals surface area contributed by atoms with Crippen molar-refractivity contribution in [3.63, 3.8) is 0 Å². The number of carbonyl (C=O) groups excluding carboxylic acids is 1. The van der Waals surface area contributed by atoms with Gasteiger partial charge in [-0.2, -0.15) is 0 Å². The van der Waals surface area contributed by atoms with Crippen molar-refractivity contribution in [3.05, 3.63) is 29.3 Å². The van der Waals surface area contributed by atoms with Crippen LogP contribution < -0.4 is 4.74 Å². The molecule has 1 aromatic carbocycles. The minimum atomic E-state index is -0.168. The molecular formula is C19H25NO4. The molecule has 1 amide bonds. The molecule has 24 heavy (non-hydrogen) atoms. The molecule has 0 unspecified atom stereocenters. The number of carbonyl (C=O) groups is 1. The number of nitrogens with zero attached hydrogens (tertiary/aromatic N) is 1. The van der Waals surface area contributed by atoms with E-state index in [4.69, 9.17) is 14.2 Å². The van der Waals surface area contributed by atoms with E-state index in [0.29, 0.717) is 19.5 Å². The zero-order chi connectivity index (χ0) is 16.6. The molecule has 3 aliphatic rings. The van der Waals surface area contributed by atoms with E-state index >= 15 is 0 Å². The van der Waals surface area contributed by atoms with Gasteiger partial charge in [0.05, 0.1) is 32.2 Å². The van der Waals surface area contributed by atoms with Crippen molar-refractivity contribution in [2.24, 2.45) is 0 Å². The van der Waals surface area contributed by atoms with Gasteiger partial charge in [0.25, 0.3) is 0 Å². The third-order valence-corrected chi connectivity index (χ3v) is 5.42. The first kappa shape index (κ1) is 15.9. The molecule has 2 saturated heterocycles. The van der Waals surface area contributed by atoms with Crippen LogP contribution in [0.1, 0.15) is 30.4 Å². The zero-order valence-corrected chi connectivity index (χ0v) is 14.3. The zero-order valence-electron chi connectivity index (χ0n) is 14.3. The lowest BCUT2D eigenvalue weighted by Gasteiger charge is -2.53. The first-order valence-electron chi connectivity index (χ1n) is 8.87. The maximum absolute atomic E-state index is 12.5. The Morgan fingerprint density at radius 1 is 1.38 bits per heavy atom. The number of hydrogen-bond donors (Lipinski definition) is 0. The third kappa shape index (κ3) is 3.03. The summed E-state index contributed by atoms with van der Waals surface area (Å²) in [6.45, 7) is 2.91. The summed E-state index contributed by atoms with van der Waals surface area (Å²) in [5, 5.41) is 0. The molecule has 0 aromatic heterocycles. The first-order valence-corrected chi connectivity index (χ1v) is 8.87. The normalized spacial score (nSPS) is 24.9. The highest BCUT2D eigenvalue weighted by molar-refractivity contribution is 5.80. The fourth-order valence-electron chi connectivity index (χ4n) is 4.04. The third-order valence-electron chi connectivity index (χ3n) is 5.42. The van der Waals surface area contributed by atoms with Crippen molar-refractivity contribution >= 4 is 5.91 Å². The van der Waals surface area contributed by atoms with Gasteiger partial charge in [0.2, 0.25) is 5.91 Å². The number of rotatable bonds is 3. The van der Waals surface area contributed by atoms with E-state index in [1.165, 1.54) is 5.56 Å². The Hall–Kier alpha value is -1.59. The van der Waals surface area contributed by atoms with Crippen molar-refractivity contribution in [2.75, 3.05) is 33.4 Å². The molecule has 130 valence electrons. The van der Waals surface area contributed by atoms with E-state index in [1.54, 1.807) is 7.11 Å². The monoisotopic (exact) mass is 331 g/mol. The van der Waals surface area contributed by atoms with Gasteiger partial charge in [-0.3, -0.25) is 4.79 Å². The highest BCUT2D eigenvalue weighted by Crippen LogP contribution is 2.35. The van der Waals surface area contributed by atoms with Gasteiger partial charge in [-0.25, -0.2) is 0 Å². The Morgan fingerprint density at radius 2 is 2.25 bits per heavy atom. The van der Waals surface area contributed by atoms with E-state index < -0.39 is 0 Å². The van der Waals surface area contributed by atoms with Gasteiger partial charge in [-0.15, -0.1) is 0 Å². The van der Waals surface area contributed by atoms with Gasteiger partial charge in [-0.05, 0) is 36.5 Å². The molecular weight excluding hydrogens is 306 g/mol. The highest BCUT2D eigenvalue weighted by Gasteiger charge is 2.49. The molecule has 0 aliphatic carbocycles. The summed E-state index contributed by atoms with van der Waals surface area (Å²) < 4.78 is 17.1. The predicted octanol–water partition coefficient (Wildman–Crippen LogP) is 1.96. The molecule has 0 N–H and O–H groups in total. The summed E-state index contributed by atoms with van der Waals surface area (Å²) in [5.74, 6) is 1.15. The Labute approximate surface area is 142 Å². The number of aryl methyl sites for hydroxylation is 1. The summed E-state index contributed by atoms with van der Waals surface area (Å²) in [7, 11) is 1.76. The van der Waals surface area contributed by atoms with E-state index in [1.807, 2.05) is 17.0 Å². The van der Waals surface area contributed by atoms with E-state index in [2.05, 4.69) is 6.07 Å². The lowest BCUT2D eigenvalue weighted by atomic mass is 9.84. The van der Waals surface area contributed by atoms with Crippen LogP contribution in [0.2, 0.25) is 0 Å². The number of likely N-dealkylation sites (tertiary alicyclic amines) is 1. The molecule has 3 heterocycles. The van der Waals surface area contributed by atoms with Crippen LogP contribution in [0.4, 0.5) is 0 Å². The standard InChI is InChI=1S/C19H25NO4/c1-22-16-6-8-24-19(11-16)12-20(13-19)18(21)10-14-4-5-17-15(9-14)3-2-7-23-17/h4-5,9,16H,2-3,6-8,10-13H2,1H3/t16-/m1/s1. The molecule has 3 aliphatic heterocycles. The molecule has 1 atom stereocenters. The van der Waals surface area contributed by atoms with Crippen LogP contribution in [-0.2, 0) is 27.1 Å². The summed E-state index contributed by atoms with van der Waals surface area (Å²) in [6.07, 6.45) is 4.65. The first-order chi connectivity index (χ1) is 11.7. The van der Waals surface area contributed by atoms with Gasteiger partial charge < -0.3 is 19.1 Å². The fraction of sp³-hybridized carbons (Fsp3) is 0.632. The molecule has 1 aromatic rings. The van der Waals surface area contributed by atoms with Gasteiger partial charge in [-0.1, -0.05) is 12.1 Å². The molecule has 2 fully saturated rings. The summed E-state index contributed by atoms with van der Waals surface area (Å²) >= 11 is 0. The molecule has 0 bridgehead atoms. The van der Waals surface area contributed by atoms with Crippen molar-refractivity contribution in [1.29, 1.82) is 0 Å². The average Bonchev–Trinajstić information content (AvgIpc) is 2.59. The quantitative estimate of drug-likeness (QED) is 0.849. The molecule has 4 rings (SSSR count). The molecule has 0 radical (unpaired) electrons. The van der Waals surface area contributed by atoms with Gasteiger partial charge >= 0.3 is 0 Å². The fourth-order valence-corrected chi connectivity index (χ4v) is 4.04. The van der Waals surface area contributed by atoms with Crippen molar-refractivity contribution < 1.29 is 19.0 Å². The lowest BCUT2D eigenvalue weighted by Crippen LogP contribution is -2.67. The smallest absolute Gasteiger partial charge is 0.227 e. The second kappa shape index (κ2) is 6.37. The van der Waals surface area contributed by atoms with Crippen LogP contribution in [0.5, 0.6) is 5.75 Å². The Morgan fingerprint density at radius 3 is 3.08 bits per heavy atom. The number of amides is 1. The second-order valence-corrected chi connectivity index (χ2v) is 7.20. The lowest BCUT2D eigenvalue weighted by molar-refractivity contribution is -0.198. The van der Waals surface area contributed by atoms with Crippen LogP contribution in [0.3, 0.4) is 0 Å². The minimum Gasteiger partial charge on any atom is -0.493 e. The largest absolute Gasteiger partial charge is 0.493 e. The van der Waals surface area contributed by atoms with Gasteiger partial charge in [0.15, 0.2) is 0 Å². The average molecular weight is 331 g/mol. The highest BCUT2D eigenvalue weighted by atomic mass is 16.5. The number of ether oxygens (including phenoxy) is 3. The summed E-state index contributed by atoms with van der Waals surface area (Å²) in [4.78, 5) is 14.5. The van der Waals surface area contributed by atoms with Gasteiger partial charge in [0.1, 0.15) is 11.4 Å². The predicted molar refractivity (Wildman–Crippen MR) is 89.3 cm³/mol. The SMILES string of the molecule is CO[C@@H]1CCOC2(C1)CN(C(=O)Cc1ccc3c(c1)CCCO3)C2. The summed E-state index contributed by atoms with van der Waals surface area (Å²) in [5.41, 5.74) is 2.13.